The second kappa shape index (κ2) is 5.73. The molecule has 1 aliphatic rings. The first-order chi connectivity index (χ1) is 10.1. The molecule has 1 fully saturated rings. The van der Waals surface area contributed by atoms with E-state index in [9.17, 15) is 23.3 Å². The van der Waals surface area contributed by atoms with Gasteiger partial charge in [0.05, 0.1) is 11.5 Å². The molecule has 22 heavy (non-hydrogen) atoms. The minimum absolute atomic E-state index is 0.0153. The van der Waals surface area contributed by atoms with Crippen molar-refractivity contribution in [3.05, 3.63) is 33.9 Å². The summed E-state index contributed by atoms with van der Waals surface area (Å²) >= 11 is 0. The van der Waals surface area contributed by atoms with Crippen molar-refractivity contribution in [2.24, 2.45) is 0 Å². The molecule has 122 valence electrons. The van der Waals surface area contributed by atoms with E-state index in [0.717, 1.165) is 12.1 Å². The lowest BCUT2D eigenvalue weighted by Gasteiger charge is -2.17. The Morgan fingerprint density at radius 1 is 1.45 bits per heavy atom. The van der Waals surface area contributed by atoms with E-state index < -0.39 is 34.2 Å². The molecule has 6 nitrogen and oxygen atoms in total. The number of nitrogens with zero attached hydrogens (tertiary/aromatic N) is 1. The van der Waals surface area contributed by atoms with Crippen LogP contribution in [0.25, 0.3) is 0 Å². The van der Waals surface area contributed by atoms with Crippen molar-refractivity contribution in [3.8, 4) is 5.75 Å². The van der Waals surface area contributed by atoms with Crippen LogP contribution in [0.15, 0.2) is 18.2 Å². The third-order valence-electron chi connectivity index (χ3n) is 2.97. The van der Waals surface area contributed by atoms with Crippen molar-refractivity contribution in [1.82, 2.24) is 0 Å². The fourth-order valence-corrected chi connectivity index (χ4v) is 2.03. The topological polar surface area (TPSA) is 70.8 Å². The van der Waals surface area contributed by atoms with Gasteiger partial charge in [-0.2, -0.15) is 13.2 Å². The van der Waals surface area contributed by atoms with Crippen LogP contribution in [0, 0.1) is 10.1 Å². The molecule has 0 bridgehead atoms. The maximum absolute atomic E-state index is 12.8. The Hall–Kier alpha value is -1.87. The first kappa shape index (κ1) is 16.5. The summed E-state index contributed by atoms with van der Waals surface area (Å²) in [7, 11) is 0. The van der Waals surface area contributed by atoms with E-state index in [1.807, 2.05) is 0 Å². The fourth-order valence-electron chi connectivity index (χ4n) is 2.03. The Morgan fingerprint density at radius 2 is 2.14 bits per heavy atom. The number of nitro groups is 1. The molecule has 0 N–H and O–H groups in total. The van der Waals surface area contributed by atoms with E-state index in [1.54, 1.807) is 13.8 Å². The smallest absolute Gasteiger partial charge is 0.423 e. The molecular weight excluding hydrogens is 307 g/mol. The Bertz CT molecular complexity index is 573. The van der Waals surface area contributed by atoms with Gasteiger partial charge in [-0.05, 0) is 26.0 Å². The minimum Gasteiger partial charge on any atom is -0.491 e. The zero-order valence-corrected chi connectivity index (χ0v) is 11.8. The predicted molar refractivity (Wildman–Crippen MR) is 68.5 cm³/mol. The molecule has 0 aliphatic carbocycles. The van der Waals surface area contributed by atoms with Gasteiger partial charge in [0, 0.05) is 6.07 Å². The first-order valence-electron chi connectivity index (χ1n) is 6.39. The highest BCUT2D eigenvalue weighted by Crippen LogP contribution is 2.38. The van der Waals surface area contributed by atoms with Crippen molar-refractivity contribution < 1.29 is 32.3 Å². The van der Waals surface area contributed by atoms with E-state index in [1.165, 1.54) is 0 Å². The second-order valence-corrected chi connectivity index (χ2v) is 5.20. The minimum atomic E-state index is -4.84. The van der Waals surface area contributed by atoms with Gasteiger partial charge in [-0.1, -0.05) is 0 Å². The van der Waals surface area contributed by atoms with Gasteiger partial charge in [-0.25, -0.2) is 0 Å². The molecule has 1 saturated heterocycles. The number of hydrogen-bond acceptors (Lipinski definition) is 5. The Kier molecular flexibility index (Phi) is 4.30. The molecule has 1 aromatic carbocycles. The number of nitro benzene ring substituents is 1. The van der Waals surface area contributed by atoms with Crippen LogP contribution >= 0.6 is 0 Å². The summed E-state index contributed by atoms with van der Waals surface area (Å²) in [5, 5.41) is 10.6. The molecule has 1 aliphatic heterocycles. The van der Waals surface area contributed by atoms with Crippen molar-refractivity contribution in [1.29, 1.82) is 0 Å². The van der Waals surface area contributed by atoms with Crippen LogP contribution in [0.4, 0.5) is 18.9 Å². The monoisotopic (exact) mass is 321 g/mol. The van der Waals surface area contributed by atoms with E-state index >= 15 is 0 Å². The maximum atomic E-state index is 12.8. The van der Waals surface area contributed by atoms with Crippen LogP contribution in [0.5, 0.6) is 5.75 Å². The van der Waals surface area contributed by atoms with Crippen LogP contribution in [0.2, 0.25) is 0 Å². The van der Waals surface area contributed by atoms with Crippen molar-refractivity contribution in [3.63, 3.8) is 0 Å². The normalized spacial score (nSPS) is 20.9. The Labute approximate surface area is 123 Å². The molecule has 1 heterocycles. The van der Waals surface area contributed by atoms with Gasteiger partial charge >= 0.3 is 6.18 Å². The van der Waals surface area contributed by atoms with Gasteiger partial charge in [-0.3, -0.25) is 10.1 Å². The average molecular weight is 321 g/mol. The number of benzene rings is 1. The summed E-state index contributed by atoms with van der Waals surface area (Å²) < 4.78 is 54.5. The van der Waals surface area contributed by atoms with Crippen LogP contribution < -0.4 is 4.74 Å². The zero-order chi connectivity index (χ0) is 16.5. The van der Waals surface area contributed by atoms with Crippen LogP contribution in [-0.4, -0.2) is 30.0 Å². The van der Waals surface area contributed by atoms with Crippen LogP contribution in [-0.2, 0) is 15.7 Å². The van der Waals surface area contributed by atoms with Crippen molar-refractivity contribution in [2.45, 2.75) is 31.9 Å². The standard InChI is InChI=1S/C13H14F3NO5/c1-12(2)21-7-9(22-12)6-20-8-3-4-11(17(18)19)10(5-8)13(14,15)16/h3-5,9H,6-7H2,1-2H3. The molecule has 0 radical (unpaired) electrons. The summed E-state index contributed by atoms with van der Waals surface area (Å²) in [6, 6.07) is 2.50. The third kappa shape index (κ3) is 3.86. The molecule has 0 saturated carbocycles. The highest BCUT2D eigenvalue weighted by Gasteiger charge is 2.39. The van der Waals surface area contributed by atoms with E-state index in [0.29, 0.717) is 6.07 Å². The van der Waals surface area contributed by atoms with Crippen molar-refractivity contribution >= 4 is 5.69 Å². The van der Waals surface area contributed by atoms with Crippen LogP contribution in [0.1, 0.15) is 19.4 Å². The summed E-state index contributed by atoms with van der Waals surface area (Å²) in [6.07, 6.45) is -5.25. The van der Waals surface area contributed by atoms with E-state index in [-0.39, 0.29) is 19.0 Å². The van der Waals surface area contributed by atoms with Crippen LogP contribution in [0.3, 0.4) is 0 Å². The molecule has 1 aromatic rings. The highest BCUT2D eigenvalue weighted by molar-refractivity contribution is 5.46. The fraction of sp³-hybridized carbons (Fsp3) is 0.538. The number of rotatable bonds is 4. The quantitative estimate of drug-likeness (QED) is 0.629. The highest BCUT2D eigenvalue weighted by atomic mass is 19.4. The molecule has 1 unspecified atom stereocenters. The third-order valence-corrected chi connectivity index (χ3v) is 2.97. The molecule has 1 atom stereocenters. The SMILES string of the molecule is CC1(C)OCC(COc2ccc([N+](=O)[O-])c(C(F)(F)F)c2)O1. The number of halogens is 3. The second-order valence-electron chi connectivity index (χ2n) is 5.20. The zero-order valence-electron chi connectivity index (χ0n) is 11.8. The van der Waals surface area contributed by atoms with Gasteiger partial charge in [0.1, 0.15) is 24.0 Å². The Balaban J connectivity index is 2.11. The maximum Gasteiger partial charge on any atom is 0.423 e. The van der Waals surface area contributed by atoms with E-state index in [2.05, 4.69) is 0 Å². The summed E-state index contributed by atoms with van der Waals surface area (Å²) in [4.78, 5) is 9.57. The number of ether oxygens (including phenoxy) is 3. The van der Waals surface area contributed by atoms with Gasteiger partial charge in [0.2, 0.25) is 0 Å². The lowest BCUT2D eigenvalue weighted by atomic mass is 10.1. The summed E-state index contributed by atoms with van der Waals surface area (Å²) in [6.45, 7) is 3.66. The summed E-state index contributed by atoms with van der Waals surface area (Å²) in [5.74, 6) is -0.882. The number of hydrogen-bond donors (Lipinski definition) is 0. The van der Waals surface area contributed by atoms with Gasteiger partial charge in [0.15, 0.2) is 5.79 Å². The lowest BCUT2D eigenvalue weighted by Crippen LogP contribution is -2.25. The average Bonchev–Trinajstić information content (AvgIpc) is 2.74. The molecule has 0 amide bonds. The number of alkyl halides is 3. The van der Waals surface area contributed by atoms with Gasteiger partial charge < -0.3 is 14.2 Å². The molecule has 9 heteroatoms. The molecular formula is C13H14F3NO5. The molecule has 2 rings (SSSR count). The van der Waals surface area contributed by atoms with E-state index in [4.69, 9.17) is 14.2 Å². The molecule has 0 aromatic heterocycles. The Morgan fingerprint density at radius 3 is 2.64 bits per heavy atom. The lowest BCUT2D eigenvalue weighted by molar-refractivity contribution is -0.388. The summed E-state index contributed by atoms with van der Waals surface area (Å²) in [5.41, 5.74) is -2.36. The predicted octanol–water partition coefficient (Wildman–Crippen LogP) is 3.14. The van der Waals surface area contributed by atoms with Gasteiger partial charge in [-0.15, -0.1) is 0 Å². The largest absolute Gasteiger partial charge is 0.491 e. The first-order valence-corrected chi connectivity index (χ1v) is 6.39. The van der Waals surface area contributed by atoms with Gasteiger partial charge in [0.25, 0.3) is 5.69 Å². The molecule has 0 spiro atoms. The van der Waals surface area contributed by atoms with Crippen molar-refractivity contribution in [2.75, 3.05) is 13.2 Å².